The Hall–Kier alpha value is -1.76. The van der Waals surface area contributed by atoms with Crippen molar-refractivity contribution in [2.75, 3.05) is 26.3 Å². The first kappa shape index (κ1) is 14.6. The van der Waals surface area contributed by atoms with Crippen molar-refractivity contribution in [3.05, 3.63) is 35.4 Å². The minimum Gasteiger partial charge on any atom is -0.449 e. The Kier molecular flexibility index (Phi) is 4.17. The summed E-state index contributed by atoms with van der Waals surface area (Å²) in [6, 6.07) is 5.26. The number of ether oxygens (including phenoxy) is 1. The van der Waals surface area contributed by atoms with Gasteiger partial charge < -0.3 is 14.7 Å². The summed E-state index contributed by atoms with van der Waals surface area (Å²) < 4.78 is 43.8. The molecule has 110 valence electrons. The number of rotatable bonds is 3. The van der Waals surface area contributed by atoms with Crippen molar-refractivity contribution in [2.45, 2.75) is 12.1 Å². The van der Waals surface area contributed by atoms with Crippen molar-refractivity contribution in [3.8, 4) is 0 Å². The maximum Gasteiger partial charge on any atom is 0.416 e. The van der Waals surface area contributed by atoms with Crippen LogP contribution in [0, 0.1) is 0 Å². The second kappa shape index (κ2) is 5.70. The quantitative estimate of drug-likeness (QED) is 0.928. The van der Waals surface area contributed by atoms with Crippen LogP contribution in [-0.2, 0) is 10.9 Å². The lowest BCUT2D eigenvalue weighted by atomic mass is 9.93. The maximum atomic E-state index is 13.0. The van der Waals surface area contributed by atoms with Gasteiger partial charge in [0.25, 0.3) is 0 Å². The van der Waals surface area contributed by atoms with Gasteiger partial charge in [-0.25, -0.2) is 4.79 Å². The van der Waals surface area contributed by atoms with E-state index in [1.54, 1.807) is 0 Å². The Bertz CT molecular complexity index is 490. The summed E-state index contributed by atoms with van der Waals surface area (Å²) in [5, 5.41) is 8.85. The first-order valence-electron chi connectivity index (χ1n) is 6.12. The van der Waals surface area contributed by atoms with Gasteiger partial charge >= 0.3 is 12.3 Å². The Morgan fingerprint density at radius 2 is 2.05 bits per heavy atom. The number of cyclic esters (lactones) is 1. The molecule has 0 aliphatic carbocycles. The highest BCUT2D eigenvalue weighted by molar-refractivity contribution is 5.68. The average molecular weight is 289 g/mol. The van der Waals surface area contributed by atoms with E-state index in [2.05, 4.69) is 0 Å². The fraction of sp³-hybridized carbons (Fsp3) is 0.462. The van der Waals surface area contributed by atoms with E-state index in [-0.39, 0.29) is 31.9 Å². The molecule has 1 N–H and O–H groups in total. The molecule has 7 heteroatoms. The molecular weight excluding hydrogens is 275 g/mol. The maximum absolute atomic E-state index is 13.0. The van der Waals surface area contributed by atoms with Gasteiger partial charge in [-0.2, -0.15) is 13.2 Å². The molecule has 4 nitrogen and oxygen atoms in total. The summed E-state index contributed by atoms with van der Waals surface area (Å²) in [7, 11) is 0. The summed E-state index contributed by atoms with van der Waals surface area (Å²) in [5.41, 5.74) is -0.609. The van der Waals surface area contributed by atoms with Crippen LogP contribution in [0.4, 0.5) is 18.0 Å². The molecule has 1 aromatic carbocycles. The number of carbonyl (C=O) groups is 1. The third kappa shape index (κ3) is 3.04. The van der Waals surface area contributed by atoms with Crippen molar-refractivity contribution in [3.63, 3.8) is 0 Å². The second-order valence-corrected chi connectivity index (χ2v) is 4.53. The molecule has 1 atom stereocenters. The summed E-state index contributed by atoms with van der Waals surface area (Å²) >= 11 is 0. The number of halogens is 3. The molecule has 0 radical (unpaired) electrons. The van der Waals surface area contributed by atoms with Crippen LogP contribution in [0.25, 0.3) is 0 Å². The van der Waals surface area contributed by atoms with Crippen molar-refractivity contribution in [1.29, 1.82) is 0 Å². The van der Waals surface area contributed by atoms with Gasteiger partial charge in [-0.15, -0.1) is 0 Å². The molecule has 1 aliphatic rings. The number of amides is 1. The van der Waals surface area contributed by atoms with Crippen molar-refractivity contribution in [1.82, 2.24) is 4.90 Å². The van der Waals surface area contributed by atoms with E-state index in [1.165, 1.54) is 23.1 Å². The molecule has 1 aliphatic heterocycles. The van der Waals surface area contributed by atoms with Gasteiger partial charge in [0, 0.05) is 19.0 Å². The van der Waals surface area contributed by atoms with E-state index in [1.807, 2.05) is 0 Å². The zero-order valence-electron chi connectivity index (χ0n) is 10.6. The predicted molar refractivity (Wildman–Crippen MR) is 64.2 cm³/mol. The van der Waals surface area contributed by atoms with E-state index in [9.17, 15) is 18.0 Å². The summed E-state index contributed by atoms with van der Waals surface area (Å²) in [5.74, 6) is -0.558. The lowest BCUT2D eigenvalue weighted by Gasteiger charge is -2.33. The number of aliphatic hydroxyl groups is 1. The van der Waals surface area contributed by atoms with Gasteiger partial charge in [0.2, 0.25) is 0 Å². The third-order valence-electron chi connectivity index (χ3n) is 3.18. The van der Waals surface area contributed by atoms with E-state index in [0.29, 0.717) is 0 Å². The van der Waals surface area contributed by atoms with Crippen LogP contribution in [-0.4, -0.2) is 42.4 Å². The number of hydrogen-bond donors (Lipinski definition) is 1. The molecule has 1 unspecified atom stereocenters. The fourth-order valence-electron chi connectivity index (χ4n) is 2.26. The lowest BCUT2D eigenvalue weighted by molar-refractivity contribution is -0.138. The standard InChI is InChI=1S/C13H14F3NO3/c14-13(15,16)11-4-2-1-3-10(11)9-7-17(5-6-18)12(19)20-8-9/h1-4,9,18H,5-8H2. The van der Waals surface area contributed by atoms with Crippen LogP contribution < -0.4 is 0 Å². The van der Waals surface area contributed by atoms with Crippen LogP contribution in [0.2, 0.25) is 0 Å². The molecule has 0 aromatic heterocycles. The Balaban J connectivity index is 2.26. The average Bonchev–Trinajstić information content (AvgIpc) is 2.41. The highest BCUT2D eigenvalue weighted by Gasteiger charge is 2.37. The van der Waals surface area contributed by atoms with Crippen LogP contribution >= 0.6 is 0 Å². The number of hydrogen-bond acceptors (Lipinski definition) is 3. The Labute approximate surface area is 113 Å². The summed E-state index contributed by atoms with van der Waals surface area (Å²) in [6.45, 7) is -0.202. The molecule has 1 saturated heterocycles. The van der Waals surface area contributed by atoms with Crippen molar-refractivity contribution < 1.29 is 27.8 Å². The number of benzene rings is 1. The SMILES string of the molecule is O=C1OCC(c2ccccc2C(F)(F)F)CN1CCO. The van der Waals surface area contributed by atoms with Gasteiger partial charge in [-0.3, -0.25) is 0 Å². The van der Waals surface area contributed by atoms with Gasteiger partial charge in [0.1, 0.15) is 6.61 Å². The number of aliphatic hydroxyl groups excluding tert-OH is 1. The fourth-order valence-corrected chi connectivity index (χ4v) is 2.26. The largest absolute Gasteiger partial charge is 0.449 e. The van der Waals surface area contributed by atoms with E-state index < -0.39 is 23.8 Å². The topological polar surface area (TPSA) is 49.8 Å². The molecule has 2 rings (SSSR count). The molecule has 1 amide bonds. The third-order valence-corrected chi connectivity index (χ3v) is 3.18. The normalized spacial score (nSPS) is 19.9. The molecule has 1 fully saturated rings. The molecule has 0 saturated carbocycles. The van der Waals surface area contributed by atoms with Crippen molar-refractivity contribution >= 4 is 6.09 Å². The molecule has 0 spiro atoms. The predicted octanol–water partition coefficient (Wildman–Crippen LogP) is 2.23. The Morgan fingerprint density at radius 1 is 1.35 bits per heavy atom. The lowest BCUT2D eigenvalue weighted by Crippen LogP contribution is -2.43. The molecule has 1 aromatic rings. The van der Waals surface area contributed by atoms with Crippen LogP contribution in [0.3, 0.4) is 0 Å². The first-order chi connectivity index (χ1) is 9.43. The van der Waals surface area contributed by atoms with Crippen LogP contribution in [0.5, 0.6) is 0 Å². The van der Waals surface area contributed by atoms with E-state index in [0.717, 1.165) is 6.07 Å². The molecule has 1 heterocycles. The highest BCUT2D eigenvalue weighted by Crippen LogP contribution is 2.36. The van der Waals surface area contributed by atoms with E-state index >= 15 is 0 Å². The minimum absolute atomic E-state index is 0.0452. The summed E-state index contributed by atoms with van der Waals surface area (Å²) in [4.78, 5) is 12.6. The number of carbonyl (C=O) groups excluding carboxylic acids is 1. The zero-order valence-corrected chi connectivity index (χ0v) is 10.6. The van der Waals surface area contributed by atoms with Crippen LogP contribution in [0.1, 0.15) is 17.0 Å². The van der Waals surface area contributed by atoms with Gasteiger partial charge in [-0.05, 0) is 11.6 Å². The first-order valence-corrected chi connectivity index (χ1v) is 6.12. The van der Waals surface area contributed by atoms with Crippen LogP contribution in [0.15, 0.2) is 24.3 Å². The van der Waals surface area contributed by atoms with E-state index in [4.69, 9.17) is 9.84 Å². The molecule has 20 heavy (non-hydrogen) atoms. The summed E-state index contributed by atoms with van der Waals surface area (Å²) in [6.07, 6.45) is -5.06. The van der Waals surface area contributed by atoms with Crippen molar-refractivity contribution in [2.24, 2.45) is 0 Å². The zero-order chi connectivity index (χ0) is 14.8. The smallest absolute Gasteiger partial charge is 0.416 e. The number of alkyl halides is 3. The molecular formula is C13H14F3NO3. The number of β-amino-alcohol motifs (C(OH)–C–C–N with tert-alkyl or cyclic N) is 1. The Morgan fingerprint density at radius 3 is 2.70 bits per heavy atom. The number of nitrogens with zero attached hydrogens (tertiary/aromatic N) is 1. The highest BCUT2D eigenvalue weighted by atomic mass is 19.4. The minimum atomic E-state index is -4.44. The second-order valence-electron chi connectivity index (χ2n) is 4.53. The van der Waals surface area contributed by atoms with Gasteiger partial charge in [0.15, 0.2) is 0 Å². The van der Waals surface area contributed by atoms with Gasteiger partial charge in [0.05, 0.1) is 12.2 Å². The van der Waals surface area contributed by atoms with Gasteiger partial charge in [-0.1, -0.05) is 18.2 Å². The monoisotopic (exact) mass is 289 g/mol. The molecule has 0 bridgehead atoms.